The fraction of sp³-hybridized carbons (Fsp3) is 0.278. The molecule has 0 saturated heterocycles. The Hall–Kier alpha value is -2.65. The maximum absolute atomic E-state index is 12.8. The number of hydrogen-bond acceptors (Lipinski definition) is 5. The van der Waals surface area contributed by atoms with Crippen molar-refractivity contribution in [1.82, 2.24) is 0 Å². The molecular formula is C18H20ClN3O5S. The number of hydrogen-bond donors (Lipinski definition) is 1. The van der Waals surface area contributed by atoms with Gasteiger partial charge in [-0.05, 0) is 44.0 Å². The Kier molecular flexibility index (Phi) is 6.30. The molecule has 0 aliphatic heterocycles. The van der Waals surface area contributed by atoms with E-state index >= 15 is 0 Å². The number of anilines is 2. The molecule has 10 heteroatoms. The van der Waals surface area contributed by atoms with E-state index in [1.165, 1.54) is 31.2 Å². The number of non-ortho nitro benzene ring substituents is 1. The number of halogens is 1. The minimum absolute atomic E-state index is 0.181. The zero-order valence-electron chi connectivity index (χ0n) is 15.8. The van der Waals surface area contributed by atoms with Crippen LogP contribution in [0.3, 0.4) is 0 Å². The molecule has 0 unspecified atom stereocenters. The molecule has 0 bridgehead atoms. The molecule has 2 aromatic rings. The van der Waals surface area contributed by atoms with Gasteiger partial charge in [-0.25, -0.2) is 8.42 Å². The predicted molar refractivity (Wildman–Crippen MR) is 109 cm³/mol. The van der Waals surface area contributed by atoms with Gasteiger partial charge in [-0.15, -0.1) is 0 Å². The van der Waals surface area contributed by atoms with Gasteiger partial charge < -0.3 is 5.32 Å². The second kappa shape index (κ2) is 8.15. The number of amides is 1. The SMILES string of the molecule is Cc1ccc([N+](=O)[O-])cc1NC(=O)[C@H](C)N(c1cc(Cl)ccc1C)S(C)(=O)=O. The Morgan fingerprint density at radius 2 is 1.79 bits per heavy atom. The lowest BCUT2D eigenvalue weighted by atomic mass is 10.1. The molecule has 1 amide bonds. The van der Waals surface area contributed by atoms with Gasteiger partial charge in [0.05, 0.1) is 22.6 Å². The van der Waals surface area contributed by atoms with Crippen molar-refractivity contribution >= 4 is 44.6 Å². The average Bonchev–Trinajstić information content (AvgIpc) is 2.58. The fourth-order valence-corrected chi connectivity index (χ4v) is 4.09. The highest BCUT2D eigenvalue weighted by Gasteiger charge is 2.30. The van der Waals surface area contributed by atoms with Crippen LogP contribution in [-0.2, 0) is 14.8 Å². The normalized spacial score (nSPS) is 12.3. The first kappa shape index (κ1) is 21.6. The van der Waals surface area contributed by atoms with Crippen molar-refractivity contribution in [3.05, 3.63) is 62.7 Å². The minimum Gasteiger partial charge on any atom is -0.324 e. The molecule has 1 N–H and O–H groups in total. The summed E-state index contributed by atoms with van der Waals surface area (Å²) in [5.41, 5.74) is 1.58. The summed E-state index contributed by atoms with van der Waals surface area (Å²) < 4.78 is 25.8. The number of aryl methyl sites for hydroxylation is 2. The zero-order chi connectivity index (χ0) is 21.2. The Balaban J connectivity index is 2.42. The van der Waals surface area contributed by atoms with E-state index in [2.05, 4.69) is 5.32 Å². The molecule has 0 fully saturated rings. The van der Waals surface area contributed by atoms with E-state index in [0.717, 1.165) is 10.6 Å². The van der Waals surface area contributed by atoms with Crippen molar-refractivity contribution in [3.8, 4) is 0 Å². The van der Waals surface area contributed by atoms with Crippen LogP contribution in [-0.4, -0.2) is 31.5 Å². The molecule has 0 saturated carbocycles. The molecule has 2 rings (SSSR count). The van der Waals surface area contributed by atoms with E-state index in [-0.39, 0.29) is 17.1 Å². The van der Waals surface area contributed by atoms with Gasteiger partial charge in [0, 0.05) is 17.2 Å². The Morgan fingerprint density at radius 1 is 1.18 bits per heavy atom. The molecule has 1 atom stereocenters. The zero-order valence-corrected chi connectivity index (χ0v) is 17.3. The largest absolute Gasteiger partial charge is 0.324 e. The lowest BCUT2D eigenvalue weighted by molar-refractivity contribution is -0.384. The third-order valence-electron chi connectivity index (χ3n) is 4.19. The van der Waals surface area contributed by atoms with Gasteiger partial charge in [-0.1, -0.05) is 23.7 Å². The van der Waals surface area contributed by atoms with Gasteiger partial charge in [-0.3, -0.25) is 19.2 Å². The van der Waals surface area contributed by atoms with Crippen LogP contribution in [0.15, 0.2) is 36.4 Å². The van der Waals surface area contributed by atoms with E-state index in [0.29, 0.717) is 16.1 Å². The first-order valence-corrected chi connectivity index (χ1v) is 10.5. The summed E-state index contributed by atoms with van der Waals surface area (Å²) in [6.07, 6.45) is 0.996. The second-order valence-corrected chi connectivity index (χ2v) is 8.71. The van der Waals surface area contributed by atoms with Crippen LogP contribution in [0.2, 0.25) is 5.02 Å². The topological polar surface area (TPSA) is 110 Å². The van der Waals surface area contributed by atoms with Crippen molar-refractivity contribution in [1.29, 1.82) is 0 Å². The fourth-order valence-electron chi connectivity index (χ4n) is 2.70. The number of nitrogens with one attached hydrogen (secondary N) is 1. The van der Waals surface area contributed by atoms with Crippen molar-refractivity contribution in [2.75, 3.05) is 15.9 Å². The van der Waals surface area contributed by atoms with Gasteiger partial charge >= 0.3 is 0 Å². The molecule has 0 heterocycles. The van der Waals surface area contributed by atoms with Crippen LogP contribution in [0.25, 0.3) is 0 Å². The number of sulfonamides is 1. The van der Waals surface area contributed by atoms with E-state index in [1.54, 1.807) is 26.0 Å². The first-order chi connectivity index (χ1) is 12.9. The van der Waals surface area contributed by atoms with Gasteiger partial charge in [0.1, 0.15) is 6.04 Å². The number of benzene rings is 2. The van der Waals surface area contributed by atoms with Gasteiger partial charge in [0.2, 0.25) is 15.9 Å². The Bertz CT molecular complexity index is 1040. The number of carbonyl (C=O) groups is 1. The number of nitrogens with zero attached hydrogens (tertiary/aromatic N) is 2. The van der Waals surface area contributed by atoms with Crippen LogP contribution in [0.5, 0.6) is 0 Å². The highest BCUT2D eigenvalue weighted by atomic mass is 35.5. The molecule has 28 heavy (non-hydrogen) atoms. The van der Waals surface area contributed by atoms with Crippen LogP contribution in [0, 0.1) is 24.0 Å². The van der Waals surface area contributed by atoms with Gasteiger partial charge in [-0.2, -0.15) is 0 Å². The average molecular weight is 426 g/mol. The number of carbonyl (C=O) groups excluding carboxylic acids is 1. The maximum atomic E-state index is 12.8. The second-order valence-electron chi connectivity index (χ2n) is 6.41. The molecule has 150 valence electrons. The summed E-state index contributed by atoms with van der Waals surface area (Å²) in [4.78, 5) is 23.2. The highest BCUT2D eigenvalue weighted by molar-refractivity contribution is 7.92. The summed E-state index contributed by atoms with van der Waals surface area (Å²) in [7, 11) is -3.82. The molecule has 0 aromatic heterocycles. The van der Waals surface area contributed by atoms with E-state index < -0.39 is 26.9 Å². The molecule has 0 aliphatic carbocycles. The smallest absolute Gasteiger partial charge is 0.271 e. The molecule has 8 nitrogen and oxygen atoms in total. The highest BCUT2D eigenvalue weighted by Crippen LogP contribution is 2.29. The summed E-state index contributed by atoms with van der Waals surface area (Å²) >= 11 is 6.01. The Morgan fingerprint density at radius 3 is 2.36 bits per heavy atom. The summed E-state index contributed by atoms with van der Waals surface area (Å²) in [5.74, 6) is -0.631. The summed E-state index contributed by atoms with van der Waals surface area (Å²) in [6, 6.07) is 7.70. The molecular weight excluding hydrogens is 406 g/mol. The van der Waals surface area contributed by atoms with Crippen molar-refractivity contribution in [3.63, 3.8) is 0 Å². The van der Waals surface area contributed by atoms with Crippen LogP contribution in [0.4, 0.5) is 17.1 Å². The standard InChI is InChI=1S/C18H20ClN3O5S/c1-11-6-8-15(22(24)25)10-16(11)20-18(23)13(3)21(28(4,26)27)17-9-14(19)7-5-12(17)2/h5-10,13H,1-4H3,(H,20,23)/t13-/m0/s1. The Labute approximate surface area is 168 Å². The van der Waals surface area contributed by atoms with Gasteiger partial charge in [0.15, 0.2) is 0 Å². The van der Waals surface area contributed by atoms with Crippen molar-refractivity contribution in [2.45, 2.75) is 26.8 Å². The van der Waals surface area contributed by atoms with Crippen LogP contribution < -0.4 is 9.62 Å². The molecule has 2 aromatic carbocycles. The minimum atomic E-state index is -3.82. The van der Waals surface area contributed by atoms with E-state index in [4.69, 9.17) is 11.6 Å². The lowest BCUT2D eigenvalue weighted by Crippen LogP contribution is -2.45. The molecule has 0 radical (unpaired) electrons. The molecule has 0 aliphatic rings. The number of rotatable bonds is 6. The van der Waals surface area contributed by atoms with Crippen molar-refractivity contribution in [2.24, 2.45) is 0 Å². The summed E-state index contributed by atoms with van der Waals surface area (Å²) in [6.45, 7) is 4.82. The third kappa shape index (κ3) is 4.79. The molecule has 0 spiro atoms. The quantitative estimate of drug-likeness (QED) is 0.561. The summed E-state index contributed by atoms with van der Waals surface area (Å²) in [5, 5.41) is 13.9. The number of nitro benzene ring substituents is 1. The van der Waals surface area contributed by atoms with Crippen LogP contribution >= 0.6 is 11.6 Å². The lowest BCUT2D eigenvalue weighted by Gasteiger charge is -2.29. The van der Waals surface area contributed by atoms with Gasteiger partial charge in [0.25, 0.3) is 5.69 Å². The number of nitro groups is 1. The van der Waals surface area contributed by atoms with E-state index in [9.17, 15) is 23.3 Å². The van der Waals surface area contributed by atoms with Crippen molar-refractivity contribution < 1.29 is 18.1 Å². The monoisotopic (exact) mass is 425 g/mol. The maximum Gasteiger partial charge on any atom is 0.271 e. The first-order valence-electron chi connectivity index (χ1n) is 8.23. The van der Waals surface area contributed by atoms with Crippen LogP contribution in [0.1, 0.15) is 18.1 Å². The predicted octanol–water partition coefficient (Wildman–Crippen LogP) is 3.66. The van der Waals surface area contributed by atoms with E-state index in [1.807, 2.05) is 0 Å². The third-order valence-corrected chi connectivity index (χ3v) is 5.65.